The van der Waals surface area contributed by atoms with Crippen molar-refractivity contribution >= 4 is 11.3 Å². The normalized spacial score (nSPS) is 24.4. The average Bonchev–Trinajstić information content (AvgIpc) is 3.09. The van der Waals surface area contributed by atoms with Gasteiger partial charge in [0.2, 0.25) is 6.29 Å². The number of aliphatic hydroxyl groups is 1. The molecule has 2 aliphatic heterocycles. The van der Waals surface area contributed by atoms with Crippen molar-refractivity contribution in [1.82, 2.24) is 4.90 Å². The van der Waals surface area contributed by atoms with Gasteiger partial charge in [-0.25, -0.2) is 4.39 Å². The number of hydrogen-bond acceptors (Lipinski definition) is 5. The SMILES string of the molecule is O[C@@H]1CCCN(Cc2cc(F)cc3c2O[C@H](c2ccsc2)OC3)C1. The Labute approximate surface area is 144 Å². The minimum atomic E-state index is -0.445. The van der Waals surface area contributed by atoms with Gasteiger partial charge in [0.05, 0.1) is 12.7 Å². The molecule has 0 amide bonds. The van der Waals surface area contributed by atoms with Gasteiger partial charge in [-0.1, -0.05) is 0 Å². The molecule has 24 heavy (non-hydrogen) atoms. The molecule has 6 heteroatoms. The van der Waals surface area contributed by atoms with E-state index in [0.717, 1.165) is 41.8 Å². The first-order valence-corrected chi connectivity index (χ1v) is 9.15. The lowest BCUT2D eigenvalue weighted by molar-refractivity contribution is -0.112. The van der Waals surface area contributed by atoms with Crippen LogP contribution in [0.3, 0.4) is 0 Å². The number of β-amino-alcohol motifs (C(OH)–C–C–N with tert-alkyl or cyclic N) is 1. The Balaban J connectivity index is 1.59. The smallest absolute Gasteiger partial charge is 0.227 e. The molecule has 1 fully saturated rings. The Morgan fingerprint density at radius 2 is 2.29 bits per heavy atom. The van der Waals surface area contributed by atoms with E-state index in [-0.39, 0.29) is 11.9 Å². The summed E-state index contributed by atoms with van der Waals surface area (Å²) in [5.41, 5.74) is 2.55. The predicted molar refractivity (Wildman–Crippen MR) is 89.4 cm³/mol. The second kappa shape index (κ2) is 6.80. The lowest BCUT2D eigenvalue weighted by Crippen LogP contribution is -2.37. The molecule has 1 N–H and O–H groups in total. The maximum absolute atomic E-state index is 14.0. The third kappa shape index (κ3) is 3.32. The molecule has 4 nitrogen and oxygen atoms in total. The molecule has 2 aliphatic rings. The molecule has 2 atom stereocenters. The Hall–Kier alpha value is -1.47. The molecule has 1 aromatic heterocycles. The summed E-state index contributed by atoms with van der Waals surface area (Å²) < 4.78 is 25.8. The predicted octanol–water partition coefficient (Wildman–Crippen LogP) is 3.45. The monoisotopic (exact) mass is 349 g/mol. The zero-order chi connectivity index (χ0) is 16.5. The van der Waals surface area contributed by atoms with Crippen LogP contribution in [0.5, 0.6) is 5.75 Å². The second-order valence-electron chi connectivity index (χ2n) is 6.40. The van der Waals surface area contributed by atoms with Crippen molar-refractivity contribution in [3.05, 3.63) is 51.5 Å². The van der Waals surface area contributed by atoms with E-state index < -0.39 is 6.29 Å². The van der Waals surface area contributed by atoms with Crippen LogP contribution in [0, 0.1) is 5.82 Å². The first-order valence-electron chi connectivity index (χ1n) is 8.21. The van der Waals surface area contributed by atoms with Gasteiger partial charge in [0.15, 0.2) is 0 Å². The third-order valence-corrected chi connectivity index (χ3v) is 5.21. The van der Waals surface area contributed by atoms with E-state index in [2.05, 4.69) is 4.90 Å². The van der Waals surface area contributed by atoms with Crippen LogP contribution < -0.4 is 4.74 Å². The molecular formula is C18H20FNO3S. The van der Waals surface area contributed by atoms with Crippen LogP contribution in [0.15, 0.2) is 29.0 Å². The first-order chi connectivity index (χ1) is 11.7. The maximum atomic E-state index is 14.0. The van der Waals surface area contributed by atoms with E-state index >= 15 is 0 Å². The molecule has 0 spiro atoms. The average molecular weight is 349 g/mol. The highest BCUT2D eigenvalue weighted by molar-refractivity contribution is 7.07. The van der Waals surface area contributed by atoms with Gasteiger partial charge in [0.1, 0.15) is 11.6 Å². The van der Waals surface area contributed by atoms with Crippen LogP contribution >= 0.6 is 11.3 Å². The Bertz CT molecular complexity index is 707. The zero-order valence-electron chi connectivity index (χ0n) is 13.3. The summed E-state index contributed by atoms with van der Waals surface area (Å²) in [6.07, 6.45) is 1.05. The molecule has 0 radical (unpaired) electrons. The van der Waals surface area contributed by atoms with Crippen LogP contribution in [-0.4, -0.2) is 29.2 Å². The Morgan fingerprint density at radius 3 is 3.08 bits per heavy atom. The van der Waals surface area contributed by atoms with Crippen LogP contribution in [-0.2, 0) is 17.9 Å². The number of thiophene rings is 1. The zero-order valence-corrected chi connectivity index (χ0v) is 14.1. The summed E-state index contributed by atoms with van der Waals surface area (Å²) in [6, 6.07) is 4.99. The summed E-state index contributed by atoms with van der Waals surface area (Å²) >= 11 is 1.59. The van der Waals surface area contributed by atoms with Gasteiger partial charge in [-0.2, -0.15) is 11.3 Å². The molecule has 0 aliphatic carbocycles. The standard InChI is InChI=1S/C18H20FNO3S/c19-15-6-13(8-20-4-1-2-16(21)9-20)17-14(7-15)10-22-18(23-17)12-3-5-24-11-12/h3,5-7,11,16,18,21H,1-2,4,8-10H2/t16-,18-/m1/s1. The highest BCUT2D eigenvalue weighted by Crippen LogP contribution is 2.37. The molecule has 1 saturated heterocycles. The highest BCUT2D eigenvalue weighted by Gasteiger charge is 2.27. The van der Waals surface area contributed by atoms with Gasteiger partial charge in [0.25, 0.3) is 0 Å². The minimum Gasteiger partial charge on any atom is -0.460 e. The molecule has 128 valence electrons. The van der Waals surface area contributed by atoms with Gasteiger partial charge in [-0.15, -0.1) is 0 Å². The Kier molecular flexibility index (Phi) is 4.54. The van der Waals surface area contributed by atoms with Crippen LogP contribution in [0.2, 0.25) is 0 Å². The highest BCUT2D eigenvalue weighted by atomic mass is 32.1. The molecule has 0 bridgehead atoms. The summed E-state index contributed by atoms with van der Waals surface area (Å²) in [5.74, 6) is 0.446. The van der Waals surface area contributed by atoms with E-state index in [9.17, 15) is 9.50 Å². The summed E-state index contributed by atoms with van der Waals surface area (Å²) in [7, 11) is 0. The Morgan fingerprint density at radius 1 is 1.38 bits per heavy atom. The van der Waals surface area contributed by atoms with Gasteiger partial charge in [-0.3, -0.25) is 4.90 Å². The maximum Gasteiger partial charge on any atom is 0.227 e. The van der Waals surface area contributed by atoms with Crippen LogP contribution in [0.4, 0.5) is 4.39 Å². The van der Waals surface area contributed by atoms with E-state index in [1.54, 1.807) is 11.3 Å². The molecule has 0 saturated carbocycles. The minimum absolute atomic E-state index is 0.275. The van der Waals surface area contributed by atoms with Crippen molar-refractivity contribution in [3.8, 4) is 5.75 Å². The van der Waals surface area contributed by atoms with Crippen LogP contribution in [0.1, 0.15) is 35.8 Å². The lowest BCUT2D eigenvalue weighted by Gasteiger charge is -2.32. The number of likely N-dealkylation sites (tertiary alicyclic amines) is 1. The number of fused-ring (bicyclic) bond motifs is 1. The molecule has 4 rings (SSSR count). The number of hydrogen-bond donors (Lipinski definition) is 1. The number of aliphatic hydroxyl groups excluding tert-OH is 1. The largest absolute Gasteiger partial charge is 0.460 e. The molecule has 3 heterocycles. The number of nitrogens with zero attached hydrogens (tertiary/aromatic N) is 1. The lowest BCUT2D eigenvalue weighted by atomic mass is 10.0. The molecule has 2 aromatic rings. The van der Waals surface area contributed by atoms with Crippen molar-refractivity contribution in [2.45, 2.75) is 38.4 Å². The number of piperidine rings is 1. The van der Waals surface area contributed by atoms with Crippen molar-refractivity contribution in [2.75, 3.05) is 13.1 Å². The topological polar surface area (TPSA) is 41.9 Å². The van der Waals surface area contributed by atoms with E-state index in [4.69, 9.17) is 9.47 Å². The summed E-state index contributed by atoms with van der Waals surface area (Å²) in [4.78, 5) is 2.15. The van der Waals surface area contributed by atoms with Crippen molar-refractivity contribution in [2.24, 2.45) is 0 Å². The fraction of sp³-hybridized carbons (Fsp3) is 0.444. The molecular weight excluding hydrogens is 329 g/mol. The number of benzene rings is 1. The first kappa shape index (κ1) is 16.0. The van der Waals surface area contributed by atoms with E-state index in [0.29, 0.717) is 19.7 Å². The summed E-state index contributed by atoms with van der Waals surface area (Å²) in [5, 5.41) is 13.8. The molecule has 1 aromatic carbocycles. The van der Waals surface area contributed by atoms with Gasteiger partial charge >= 0.3 is 0 Å². The number of ether oxygens (including phenoxy) is 2. The quantitative estimate of drug-likeness (QED) is 0.922. The van der Waals surface area contributed by atoms with Crippen LogP contribution in [0.25, 0.3) is 0 Å². The van der Waals surface area contributed by atoms with E-state index in [1.165, 1.54) is 12.1 Å². The van der Waals surface area contributed by atoms with Crippen molar-refractivity contribution in [1.29, 1.82) is 0 Å². The summed E-state index contributed by atoms with van der Waals surface area (Å²) in [6.45, 7) is 2.44. The number of rotatable bonds is 3. The fourth-order valence-corrected chi connectivity index (χ4v) is 4.04. The third-order valence-electron chi connectivity index (χ3n) is 4.51. The second-order valence-corrected chi connectivity index (χ2v) is 7.18. The number of halogens is 1. The van der Waals surface area contributed by atoms with Crippen molar-refractivity contribution in [3.63, 3.8) is 0 Å². The van der Waals surface area contributed by atoms with Crippen molar-refractivity contribution < 1.29 is 19.0 Å². The van der Waals surface area contributed by atoms with Gasteiger partial charge in [-0.05, 0) is 43.0 Å². The molecule has 0 unspecified atom stereocenters. The van der Waals surface area contributed by atoms with Gasteiger partial charge < -0.3 is 14.6 Å². The van der Waals surface area contributed by atoms with Gasteiger partial charge in [0, 0.05) is 35.2 Å². The van der Waals surface area contributed by atoms with E-state index in [1.807, 2.05) is 16.8 Å². The fourth-order valence-electron chi connectivity index (χ4n) is 3.38.